The molecule has 0 spiro atoms. The van der Waals surface area contributed by atoms with Crippen LogP contribution in [0.2, 0.25) is 0 Å². The molecule has 1 amide bonds. The van der Waals surface area contributed by atoms with Crippen molar-refractivity contribution in [1.29, 1.82) is 0 Å². The number of primary amides is 1. The van der Waals surface area contributed by atoms with Gasteiger partial charge < -0.3 is 25.5 Å². The Morgan fingerprint density at radius 1 is 1.19 bits per heavy atom. The Bertz CT molecular complexity index is 791. The summed E-state index contributed by atoms with van der Waals surface area (Å²) < 4.78 is 11.4. The van der Waals surface area contributed by atoms with E-state index in [9.17, 15) is 4.79 Å². The second-order valence-electron chi connectivity index (χ2n) is 7.00. The summed E-state index contributed by atoms with van der Waals surface area (Å²) in [6, 6.07) is 11.1. The molecule has 0 aliphatic rings. The lowest BCUT2D eigenvalue weighted by molar-refractivity contribution is 0.0972. The van der Waals surface area contributed by atoms with E-state index in [1.165, 1.54) is 0 Å². The third kappa shape index (κ3) is 6.69. The highest BCUT2D eigenvalue weighted by molar-refractivity contribution is 5.89. The fraction of sp³-hybridized carbons (Fsp3) is 0.400. The van der Waals surface area contributed by atoms with Crippen LogP contribution in [0.4, 0.5) is 0 Å². The zero-order valence-corrected chi connectivity index (χ0v) is 16.3. The van der Waals surface area contributed by atoms with Gasteiger partial charge in [-0.2, -0.15) is 0 Å². The first kappa shape index (κ1) is 20.4. The zero-order chi connectivity index (χ0) is 19.9. The van der Waals surface area contributed by atoms with Crippen LogP contribution in [-0.4, -0.2) is 24.0 Å². The number of furan rings is 1. The molecular weight excluding hydrogens is 344 g/mol. The lowest BCUT2D eigenvalue weighted by Gasteiger charge is -2.23. The third-order valence-electron chi connectivity index (χ3n) is 3.48. The van der Waals surface area contributed by atoms with Gasteiger partial charge in [-0.05, 0) is 45.9 Å². The number of carbonyl (C=O) groups excluding carboxylic acids is 1. The summed E-state index contributed by atoms with van der Waals surface area (Å²) in [5, 5.41) is 6.36. The predicted octanol–water partition coefficient (Wildman–Crippen LogP) is 2.81. The van der Waals surface area contributed by atoms with Gasteiger partial charge in [-0.25, -0.2) is 4.99 Å². The van der Waals surface area contributed by atoms with Gasteiger partial charge in [0.1, 0.15) is 17.1 Å². The van der Waals surface area contributed by atoms with E-state index in [4.69, 9.17) is 14.9 Å². The summed E-state index contributed by atoms with van der Waals surface area (Å²) in [4.78, 5) is 15.7. The SMILES string of the molecule is CCNC(=NCc1ccccc1OC(C)(C)C)NCc1ccc(C(N)=O)o1. The molecule has 0 unspecified atom stereocenters. The quantitative estimate of drug-likeness (QED) is 0.512. The van der Waals surface area contributed by atoms with E-state index in [2.05, 4.69) is 15.6 Å². The topological polar surface area (TPSA) is 102 Å². The van der Waals surface area contributed by atoms with Crippen LogP contribution in [0.5, 0.6) is 5.75 Å². The molecule has 0 aliphatic carbocycles. The molecule has 2 rings (SSSR count). The molecule has 27 heavy (non-hydrogen) atoms. The Labute approximate surface area is 160 Å². The monoisotopic (exact) mass is 372 g/mol. The number of para-hydroxylation sites is 1. The number of amides is 1. The van der Waals surface area contributed by atoms with Gasteiger partial charge in [-0.3, -0.25) is 4.79 Å². The van der Waals surface area contributed by atoms with Gasteiger partial charge in [0, 0.05) is 12.1 Å². The van der Waals surface area contributed by atoms with Crippen molar-refractivity contribution in [3.8, 4) is 5.75 Å². The van der Waals surface area contributed by atoms with Crippen LogP contribution < -0.4 is 21.1 Å². The number of nitrogens with one attached hydrogen (secondary N) is 2. The molecular formula is C20H28N4O3. The van der Waals surface area contributed by atoms with Crippen LogP contribution >= 0.6 is 0 Å². The number of rotatable bonds is 7. The minimum Gasteiger partial charge on any atom is -0.488 e. The van der Waals surface area contributed by atoms with Crippen LogP contribution in [0, 0.1) is 0 Å². The molecule has 1 aromatic heterocycles. The maximum Gasteiger partial charge on any atom is 0.284 e. The number of guanidine groups is 1. The number of ether oxygens (including phenoxy) is 1. The fourth-order valence-corrected chi connectivity index (χ4v) is 2.35. The predicted molar refractivity (Wildman–Crippen MR) is 106 cm³/mol. The van der Waals surface area contributed by atoms with Gasteiger partial charge in [-0.15, -0.1) is 0 Å². The minimum absolute atomic E-state index is 0.141. The Hall–Kier alpha value is -2.96. The first-order valence-corrected chi connectivity index (χ1v) is 8.96. The number of nitrogens with two attached hydrogens (primary N) is 1. The van der Waals surface area contributed by atoms with Crippen molar-refractivity contribution < 1.29 is 13.9 Å². The van der Waals surface area contributed by atoms with Gasteiger partial charge >= 0.3 is 0 Å². The molecule has 0 saturated heterocycles. The molecule has 0 fully saturated rings. The number of hydrogen-bond donors (Lipinski definition) is 3. The molecule has 1 heterocycles. The maximum absolute atomic E-state index is 11.1. The van der Waals surface area contributed by atoms with Crippen LogP contribution in [0.25, 0.3) is 0 Å². The van der Waals surface area contributed by atoms with Crippen LogP contribution in [0.1, 0.15) is 49.6 Å². The summed E-state index contributed by atoms with van der Waals surface area (Å²) in [6.45, 7) is 9.61. The largest absolute Gasteiger partial charge is 0.488 e. The molecule has 7 nitrogen and oxygen atoms in total. The van der Waals surface area contributed by atoms with E-state index in [1.807, 2.05) is 52.0 Å². The van der Waals surface area contributed by atoms with Gasteiger partial charge in [0.25, 0.3) is 5.91 Å². The molecule has 0 saturated carbocycles. The summed E-state index contributed by atoms with van der Waals surface area (Å²) >= 11 is 0. The number of aliphatic imine (C=N–C) groups is 1. The second-order valence-corrected chi connectivity index (χ2v) is 7.00. The van der Waals surface area contributed by atoms with Crippen molar-refractivity contribution >= 4 is 11.9 Å². The first-order chi connectivity index (χ1) is 12.8. The average Bonchev–Trinajstić information content (AvgIpc) is 3.06. The Kier molecular flexibility index (Phi) is 6.87. The van der Waals surface area contributed by atoms with E-state index in [-0.39, 0.29) is 11.4 Å². The normalized spacial score (nSPS) is 11.9. The van der Waals surface area contributed by atoms with Crippen LogP contribution in [0.15, 0.2) is 45.8 Å². The van der Waals surface area contributed by atoms with Gasteiger partial charge in [-0.1, -0.05) is 18.2 Å². The highest BCUT2D eigenvalue weighted by Crippen LogP contribution is 2.23. The van der Waals surface area contributed by atoms with Crippen molar-refractivity contribution in [2.24, 2.45) is 10.7 Å². The van der Waals surface area contributed by atoms with Crippen LogP contribution in [-0.2, 0) is 13.1 Å². The van der Waals surface area contributed by atoms with E-state index < -0.39 is 5.91 Å². The van der Waals surface area contributed by atoms with E-state index in [0.29, 0.717) is 24.8 Å². The third-order valence-corrected chi connectivity index (χ3v) is 3.48. The molecule has 0 bridgehead atoms. The van der Waals surface area contributed by atoms with Crippen molar-refractivity contribution in [2.45, 2.75) is 46.4 Å². The molecule has 2 aromatic rings. The van der Waals surface area contributed by atoms with Crippen molar-refractivity contribution in [3.63, 3.8) is 0 Å². The van der Waals surface area contributed by atoms with Crippen molar-refractivity contribution in [2.75, 3.05) is 6.54 Å². The van der Waals surface area contributed by atoms with Crippen molar-refractivity contribution in [1.82, 2.24) is 10.6 Å². The first-order valence-electron chi connectivity index (χ1n) is 8.96. The van der Waals surface area contributed by atoms with Crippen LogP contribution in [0.3, 0.4) is 0 Å². The number of carbonyl (C=O) groups is 1. The molecule has 7 heteroatoms. The molecule has 0 radical (unpaired) electrons. The van der Waals surface area contributed by atoms with E-state index in [1.54, 1.807) is 12.1 Å². The molecule has 4 N–H and O–H groups in total. The highest BCUT2D eigenvalue weighted by Gasteiger charge is 2.14. The smallest absolute Gasteiger partial charge is 0.284 e. The molecule has 0 atom stereocenters. The van der Waals surface area contributed by atoms with Gasteiger partial charge in [0.2, 0.25) is 0 Å². The molecule has 1 aromatic carbocycles. The maximum atomic E-state index is 11.1. The number of hydrogen-bond acceptors (Lipinski definition) is 4. The van der Waals surface area contributed by atoms with Gasteiger partial charge in [0.15, 0.2) is 11.7 Å². The standard InChI is InChI=1S/C20H28N4O3/c1-5-22-19(24-13-15-10-11-17(26-15)18(21)25)23-12-14-8-6-7-9-16(14)27-20(2,3)4/h6-11H,5,12-13H2,1-4H3,(H2,21,25)(H2,22,23,24). The van der Waals surface area contributed by atoms with Gasteiger partial charge in [0.05, 0.1) is 13.1 Å². The Balaban J connectivity index is 2.05. The molecule has 0 aliphatic heterocycles. The highest BCUT2D eigenvalue weighted by atomic mass is 16.5. The lowest BCUT2D eigenvalue weighted by atomic mass is 10.1. The summed E-state index contributed by atoms with van der Waals surface area (Å²) in [5.41, 5.74) is 5.92. The summed E-state index contributed by atoms with van der Waals surface area (Å²) in [6.07, 6.45) is 0. The van der Waals surface area contributed by atoms with E-state index >= 15 is 0 Å². The minimum atomic E-state index is -0.586. The van der Waals surface area contributed by atoms with Crippen molar-refractivity contribution in [3.05, 3.63) is 53.5 Å². The summed E-state index contributed by atoms with van der Waals surface area (Å²) in [7, 11) is 0. The number of benzene rings is 1. The average molecular weight is 372 g/mol. The Morgan fingerprint density at radius 3 is 2.56 bits per heavy atom. The fourth-order valence-electron chi connectivity index (χ4n) is 2.35. The lowest BCUT2D eigenvalue weighted by Crippen LogP contribution is -2.36. The zero-order valence-electron chi connectivity index (χ0n) is 16.3. The number of nitrogens with zero attached hydrogens (tertiary/aromatic N) is 1. The second kappa shape index (κ2) is 9.12. The molecule has 146 valence electrons. The summed E-state index contributed by atoms with van der Waals surface area (Å²) in [5.74, 6) is 1.62. The Morgan fingerprint density at radius 2 is 1.93 bits per heavy atom. The van der Waals surface area contributed by atoms with E-state index in [0.717, 1.165) is 17.9 Å².